The molecule has 192 valence electrons. The number of aromatic nitrogens is 2. The summed E-state index contributed by atoms with van der Waals surface area (Å²) in [5, 5.41) is 0. The first-order valence-electron chi connectivity index (χ1n) is 13.0. The summed E-state index contributed by atoms with van der Waals surface area (Å²) in [5.74, 6) is 0.872. The van der Waals surface area contributed by atoms with E-state index >= 15 is 0 Å². The normalized spacial score (nSPS) is 11.4. The fraction of sp³-hybridized carbons (Fsp3) is 0.281. The Hall–Kier alpha value is -3.83. The van der Waals surface area contributed by atoms with Crippen LogP contribution in [0.5, 0.6) is 0 Å². The number of anilines is 2. The predicted molar refractivity (Wildman–Crippen MR) is 160 cm³/mol. The summed E-state index contributed by atoms with van der Waals surface area (Å²) in [4.78, 5) is 15.3. The Bertz CT molecular complexity index is 1220. The first-order chi connectivity index (χ1) is 17.9. The van der Waals surface area contributed by atoms with Gasteiger partial charge >= 0.3 is 0 Å². The number of hydrogen-bond donors (Lipinski definition) is 1. The van der Waals surface area contributed by atoms with Crippen molar-refractivity contribution in [3.8, 4) is 33.9 Å². The summed E-state index contributed by atoms with van der Waals surface area (Å²) in [5.41, 5.74) is 8.81. The molecule has 1 aromatic heterocycles. The largest absolute Gasteiger partial charge is 0.378 e. The summed E-state index contributed by atoms with van der Waals surface area (Å²) >= 11 is 0. The summed E-state index contributed by atoms with van der Waals surface area (Å²) in [7, 11) is 8.23. The lowest BCUT2D eigenvalue weighted by atomic mass is 10.0. The molecule has 0 atom stereocenters. The van der Waals surface area contributed by atoms with Crippen molar-refractivity contribution in [1.29, 1.82) is 0 Å². The molecule has 5 heteroatoms. The molecule has 0 aliphatic heterocycles. The fourth-order valence-corrected chi connectivity index (χ4v) is 4.34. The van der Waals surface area contributed by atoms with Gasteiger partial charge in [0.1, 0.15) is 5.82 Å². The van der Waals surface area contributed by atoms with E-state index in [0.717, 1.165) is 53.5 Å². The Labute approximate surface area is 222 Å². The van der Waals surface area contributed by atoms with Crippen molar-refractivity contribution in [3.63, 3.8) is 0 Å². The SMILES string of the molecule is CCN(CC)CC=Cc1ccc(-c2nc(-c3ccc(N(C)C)cc3)c(-c3ccc(N(C)C)cc3)[nH]2)cc1. The van der Waals surface area contributed by atoms with Crippen molar-refractivity contribution in [3.05, 3.63) is 84.4 Å². The van der Waals surface area contributed by atoms with Gasteiger partial charge in [0.25, 0.3) is 0 Å². The molecule has 37 heavy (non-hydrogen) atoms. The van der Waals surface area contributed by atoms with Gasteiger partial charge in [-0.05, 0) is 42.9 Å². The van der Waals surface area contributed by atoms with E-state index in [2.05, 4.69) is 147 Å². The number of imidazole rings is 1. The van der Waals surface area contributed by atoms with Crippen molar-refractivity contribution in [1.82, 2.24) is 14.9 Å². The Morgan fingerprint density at radius 1 is 0.676 bits per heavy atom. The lowest BCUT2D eigenvalue weighted by molar-refractivity contribution is 0.338. The number of aromatic amines is 1. The van der Waals surface area contributed by atoms with Crippen LogP contribution in [0.25, 0.3) is 40.0 Å². The third kappa shape index (κ3) is 6.30. The van der Waals surface area contributed by atoms with E-state index in [1.54, 1.807) is 0 Å². The van der Waals surface area contributed by atoms with Gasteiger partial charge in [0.15, 0.2) is 0 Å². The highest BCUT2D eigenvalue weighted by atomic mass is 15.1. The molecule has 0 amide bonds. The molecule has 4 aromatic rings. The molecule has 0 aliphatic carbocycles. The predicted octanol–water partition coefficient (Wildman–Crippen LogP) is 6.90. The monoisotopic (exact) mass is 493 g/mol. The van der Waals surface area contributed by atoms with Crippen molar-refractivity contribution in [2.24, 2.45) is 0 Å². The number of hydrogen-bond acceptors (Lipinski definition) is 4. The van der Waals surface area contributed by atoms with Crippen LogP contribution in [0.2, 0.25) is 0 Å². The van der Waals surface area contributed by atoms with Crippen LogP contribution in [-0.4, -0.2) is 62.7 Å². The standard InChI is InChI=1S/C32H39N5/c1-7-37(8-2)23-9-10-24-11-13-27(14-12-24)32-33-30(25-15-19-28(20-16-25)35(3)4)31(34-32)26-17-21-29(22-18-26)36(5)6/h9-22H,7-8,23H2,1-6H3,(H,33,34). The van der Waals surface area contributed by atoms with Crippen LogP contribution >= 0.6 is 0 Å². The molecule has 1 N–H and O–H groups in total. The third-order valence-electron chi connectivity index (χ3n) is 6.79. The quantitative estimate of drug-likeness (QED) is 0.261. The maximum atomic E-state index is 5.09. The summed E-state index contributed by atoms with van der Waals surface area (Å²) in [6.07, 6.45) is 4.43. The number of nitrogens with one attached hydrogen (secondary N) is 1. The lowest BCUT2D eigenvalue weighted by Gasteiger charge is -2.14. The Morgan fingerprint density at radius 3 is 1.70 bits per heavy atom. The number of H-pyrrole nitrogens is 1. The van der Waals surface area contributed by atoms with Crippen molar-refractivity contribution in [2.75, 3.05) is 57.6 Å². The molecule has 0 aliphatic rings. The topological polar surface area (TPSA) is 38.4 Å². The first kappa shape index (κ1) is 26.2. The average molecular weight is 494 g/mol. The molecular weight excluding hydrogens is 454 g/mol. The van der Waals surface area contributed by atoms with Gasteiger partial charge in [-0.25, -0.2) is 4.98 Å². The molecular formula is C32H39N5. The molecule has 1 heterocycles. The molecule has 0 radical (unpaired) electrons. The van der Waals surface area contributed by atoms with E-state index < -0.39 is 0 Å². The van der Waals surface area contributed by atoms with Crippen molar-refractivity contribution in [2.45, 2.75) is 13.8 Å². The second-order valence-corrected chi connectivity index (χ2v) is 9.70. The van der Waals surface area contributed by atoms with E-state index in [1.807, 2.05) is 0 Å². The minimum absolute atomic E-state index is 0.872. The third-order valence-corrected chi connectivity index (χ3v) is 6.79. The number of nitrogens with zero attached hydrogens (tertiary/aromatic N) is 4. The molecule has 0 bridgehead atoms. The van der Waals surface area contributed by atoms with E-state index in [9.17, 15) is 0 Å². The smallest absolute Gasteiger partial charge is 0.138 e. The molecule has 4 rings (SSSR count). The molecule has 3 aromatic carbocycles. The maximum Gasteiger partial charge on any atom is 0.138 e. The van der Waals surface area contributed by atoms with Crippen LogP contribution in [-0.2, 0) is 0 Å². The second-order valence-electron chi connectivity index (χ2n) is 9.70. The van der Waals surface area contributed by atoms with Gasteiger partial charge in [0.05, 0.1) is 11.4 Å². The summed E-state index contributed by atoms with van der Waals surface area (Å²) in [6, 6.07) is 25.8. The van der Waals surface area contributed by atoms with Gasteiger partial charge in [0, 0.05) is 62.8 Å². The van der Waals surface area contributed by atoms with Gasteiger partial charge in [-0.3, -0.25) is 0 Å². The molecule has 0 saturated carbocycles. The Balaban J connectivity index is 1.67. The van der Waals surface area contributed by atoms with Crippen LogP contribution in [0.1, 0.15) is 19.4 Å². The molecule has 0 spiro atoms. The highest BCUT2D eigenvalue weighted by molar-refractivity contribution is 5.82. The summed E-state index contributed by atoms with van der Waals surface area (Å²) < 4.78 is 0. The van der Waals surface area contributed by atoms with Gasteiger partial charge in [-0.15, -0.1) is 0 Å². The number of likely N-dealkylation sites (N-methyl/N-ethyl adjacent to an activating group) is 1. The van der Waals surface area contributed by atoms with Crippen molar-refractivity contribution < 1.29 is 0 Å². The highest BCUT2D eigenvalue weighted by Crippen LogP contribution is 2.34. The lowest BCUT2D eigenvalue weighted by Crippen LogP contribution is -2.22. The zero-order chi connectivity index (χ0) is 26.4. The van der Waals surface area contributed by atoms with Crippen LogP contribution in [0.3, 0.4) is 0 Å². The van der Waals surface area contributed by atoms with E-state index in [1.165, 1.54) is 16.9 Å². The fourth-order valence-electron chi connectivity index (χ4n) is 4.34. The van der Waals surface area contributed by atoms with Gasteiger partial charge in [0.2, 0.25) is 0 Å². The van der Waals surface area contributed by atoms with Gasteiger partial charge in [-0.2, -0.15) is 0 Å². The zero-order valence-electron chi connectivity index (χ0n) is 23.0. The van der Waals surface area contributed by atoms with Crippen LogP contribution in [0.4, 0.5) is 11.4 Å². The van der Waals surface area contributed by atoms with E-state index in [0.29, 0.717) is 0 Å². The van der Waals surface area contributed by atoms with Crippen LogP contribution in [0.15, 0.2) is 78.9 Å². The van der Waals surface area contributed by atoms with E-state index in [4.69, 9.17) is 4.98 Å². The van der Waals surface area contributed by atoms with Gasteiger partial charge < -0.3 is 19.7 Å². The second kappa shape index (κ2) is 11.9. The Morgan fingerprint density at radius 2 is 1.19 bits per heavy atom. The molecule has 5 nitrogen and oxygen atoms in total. The molecule has 0 unspecified atom stereocenters. The average Bonchev–Trinajstić information content (AvgIpc) is 3.37. The highest BCUT2D eigenvalue weighted by Gasteiger charge is 2.16. The number of benzene rings is 3. The first-order valence-corrected chi connectivity index (χ1v) is 13.0. The Kier molecular flexibility index (Phi) is 8.47. The van der Waals surface area contributed by atoms with Gasteiger partial charge in [-0.1, -0.05) is 74.5 Å². The van der Waals surface area contributed by atoms with Crippen LogP contribution in [0, 0.1) is 0 Å². The zero-order valence-corrected chi connectivity index (χ0v) is 23.0. The van der Waals surface area contributed by atoms with Crippen molar-refractivity contribution >= 4 is 17.5 Å². The minimum Gasteiger partial charge on any atom is -0.378 e. The minimum atomic E-state index is 0.872. The van der Waals surface area contributed by atoms with E-state index in [-0.39, 0.29) is 0 Å². The summed E-state index contributed by atoms with van der Waals surface area (Å²) in [6.45, 7) is 7.51. The maximum absolute atomic E-state index is 5.09. The van der Waals surface area contributed by atoms with Crippen LogP contribution < -0.4 is 9.80 Å². The molecule has 0 fully saturated rings. The number of rotatable bonds is 10. The molecule has 0 saturated heterocycles.